The molecule has 32 heavy (non-hydrogen) atoms. The first kappa shape index (κ1) is 22.3. The normalized spacial score (nSPS) is 13.9. The number of likely N-dealkylation sites (tertiary alicyclic amines) is 1. The fraction of sp³-hybridized carbons (Fsp3) is 0.320. The van der Waals surface area contributed by atoms with Crippen LogP contribution in [0, 0.1) is 5.92 Å². The Bertz CT molecular complexity index is 1180. The highest BCUT2D eigenvalue weighted by Crippen LogP contribution is 2.37. The van der Waals surface area contributed by atoms with Crippen molar-refractivity contribution >= 4 is 38.5 Å². The van der Waals surface area contributed by atoms with Crippen molar-refractivity contribution in [2.45, 2.75) is 32.9 Å². The number of ketones is 1. The van der Waals surface area contributed by atoms with E-state index in [1.165, 1.54) is 6.08 Å². The molecule has 1 aliphatic rings. The first-order valence-corrected chi connectivity index (χ1v) is 11.5. The van der Waals surface area contributed by atoms with Gasteiger partial charge in [0, 0.05) is 64.3 Å². The maximum atomic E-state index is 12.8. The summed E-state index contributed by atoms with van der Waals surface area (Å²) in [6.45, 7) is 8.98. The molecule has 2 aromatic heterocycles. The molecule has 1 saturated heterocycles. The Balaban J connectivity index is 1.60. The molecule has 1 aromatic carbocycles. The summed E-state index contributed by atoms with van der Waals surface area (Å²) in [6.07, 6.45) is 5.51. The number of nitrogens with zero attached hydrogens (tertiary/aromatic N) is 3. The van der Waals surface area contributed by atoms with Crippen LogP contribution in [0.5, 0.6) is 5.88 Å². The Hall–Kier alpha value is -2.93. The zero-order valence-corrected chi connectivity index (χ0v) is 19.8. The molecule has 6 nitrogen and oxygen atoms in total. The minimum absolute atomic E-state index is 0.000303. The standard InChI is InChI=1S/C25H26BrN3O3/c1-4-24(31)29-12-17(13-29)10-19(30)14-28-15-22(21-11-18(26)7-8-23(21)28)20-6-5-9-27-25(20)32-16(2)3/h4-9,11,15-17H,1,10,12-14H2,2-3H3. The maximum absolute atomic E-state index is 12.8. The summed E-state index contributed by atoms with van der Waals surface area (Å²) in [7, 11) is 0. The summed E-state index contributed by atoms with van der Waals surface area (Å²) in [6, 6.07) is 9.94. The number of aromatic nitrogens is 2. The van der Waals surface area contributed by atoms with Gasteiger partial charge in [-0.15, -0.1) is 0 Å². The SMILES string of the molecule is C=CC(=O)N1CC(CC(=O)Cn2cc(-c3cccnc3OC(C)C)c3cc(Br)ccc32)C1. The Morgan fingerprint density at radius 1 is 1.28 bits per heavy atom. The third kappa shape index (κ3) is 4.63. The number of fused-ring (bicyclic) bond motifs is 1. The lowest BCUT2D eigenvalue weighted by atomic mass is 9.94. The lowest BCUT2D eigenvalue weighted by Gasteiger charge is -2.38. The van der Waals surface area contributed by atoms with Gasteiger partial charge in [-0.25, -0.2) is 4.98 Å². The summed E-state index contributed by atoms with van der Waals surface area (Å²) in [5.41, 5.74) is 2.85. The van der Waals surface area contributed by atoms with Crippen LogP contribution >= 0.6 is 15.9 Å². The molecule has 3 aromatic rings. The molecule has 0 aliphatic carbocycles. The van der Waals surface area contributed by atoms with E-state index in [2.05, 4.69) is 33.6 Å². The molecule has 0 unspecified atom stereocenters. The highest BCUT2D eigenvalue weighted by Gasteiger charge is 2.30. The van der Waals surface area contributed by atoms with E-state index in [-0.39, 0.29) is 30.3 Å². The average molecular weight is 496 g/mol. The molecule has 1 amide bonds. The topological polar surface area (TPSA) is 64.4 Å². The molecule has 0 radical (unpaired) electrons. The number of hydrogen-bond acceptors (Lipinski definition) is 4. The van der Waals surface area contributed by atoms with Crippen LogP contribution in [0.4, 0.5) is 0 Å². The number of rotatable bonds is 8. The van der Waals surface area contributed by atoms with Crippen LogP contribution in [0.15, 0.2) is 59.9 Å². The molecular weight excluding hydrogens is 470 g/mol. The molecule has 4 rings (SSSR count). The van der Waals surface area contributed by atoms with Crippen molar-refractivity contribution in [3.63, 3.8) is 0 Å². The summed E-state index contributed by atoms with van der Waals surface area (Å²) < 4.78 is 8.91. The number of pyridine rings is 1. The molecule has 0 saturated carbocycles. The predicted octanol–water partition coefficient (Wildman–Crippen LogP) is 4.86. The van der Waals surface area contributed by atoms with Gasteiger partial charge in [0.15, 0.2) is 5.78 Å². The largest absolute Gasteiger partial charge is 0.475 e. The molecule has 7 heteroatoms. The highest BCUT2D eigenvalue weighted by molar-refractivity contribution is 9.10. The van der Waals surface area contributed by atoms with E-state index in [4.69, 9.17) is 4.74 Å². The van der Waals surface area contributed by atoms with E-state index in [0.29, 0.717) is 25.4 Å². The van der Waals surface area contributed by atoms with Crippen LogP contribution in [0.2, 0.25) is 0 Å². The van der Waals surface area contributed by atoms with E-state index >= 15 is 0 Å². The van der Waals surface area contributed by atoms with Gasteiger partial charge in [-0.2, -0.15) is 0 Å². The lowest BCUT2D eigenvalue weighted by molar-refractivity contribution is -0.134. The van der Waals surface area contributed by atoms with Crippen molar-refractivity contribution in [1.29, 1.82) is 0 Å². The average Bonchev–Trinajstić information content (AvgIpc) is 3.07. The Morgan fingerprint density at radius 2 is 2.06 bits per heavy atom. The lowest BCUT2D eigenvalue weighted by Crippen LogP contribution is -2.50. The Morgan fingerprint density at radius 3 is 2.78 bits per heavy atom. The van der Waals surface area contributed by atoms with Gasteiger partial charge in [-0.3, -0.25) is 9.59 Å². The number of amides is 1. The third-order valence-corrected chi connectivity index (χ3v) is 6.05. The molecular formula is C25H26BrN3O3. The maximum Gasteiger partial charge on any atom is 0.245 e. The fourth-order valence-electron chi connectivity index (χ4n) is 4.11. The molecule has 166 valence electrons. The number of carbonyl (C=O) groups excluding carboxylic acids is 2. The molecule has 0 bridgehead atoms. The van der Waals surface area contributed by atoms with Crippen LogP contribution in [-0.2, 0) is 16.1 Å². The van der Waals surface area contributed by atoms with E-state index in [1.807, 2.05) is 48.9 Å². The van der Waals surface area contributed by atoms with Crippen molar-refractivity contribution in [2.75, 3.05) is 13.1 Å². The Kier molecular flexibility index (Phi) is 6.46. The van der Waals surface area contributed by atoms with Gasteiger partial charge in [0.25, 0.3) is 0 Å². The molecule has 1 aliphatic heterocycles. The van der Waals surface area contributed by atoms with E-state index < -0.39 is 0 Å². The predicted molar refractivity (Wildman–Crippen MR) is 129 cm³/mol. The van der Waals surface area contributed by atoms with Gasteiger partial charge >= 0.3 is 0 Å². The van der Waals surface area contributed by atoms with Gasteiger partial charge in [0.1, 0.15) is 0 Å². The molecule has 0 spiro atoms. The van der Waals surface area contributed by atoms with Crippen molar-refractivity contribution in [2.24, 2.45) is 5.92 Å². The second-order valence-electron chi connectivity index (χ2n) is 8.41. The zero-order chi connectivity index (χ0) is 22.8. The second kappa shape index (κ2) is 9.28. The number of benzene rings is 1. The van der Waals surface area contributed by atoms with Crippen molar-refractivity contribution in [1.82, 2.24) is 14.5 Å². The smallest absolute Gasteiger partial charge is 0.245 e. The number of hydrogen-bond donors (Lipinski definition) is 0. The number of ether oxygens (including phenoxy) is 1. The van der Waals surface area contributed by atoms with Gasteiger partial charge in [0.05, 0.1) is 12.6 Å². The number of carbonyl (C=O) groups is 2. The van der Waals surface area contributed by atoms with E-state index in [0.717, 1.165) is 26.5 Å². The van der Waals surface area contributed by atoms with Gasteiger partial charge in [-0.05, 0) is 50.3 Å². The fourth-order valence-corrected chi connectivity index (χ4v) is 4.47. The van der Waals surface area contributed by atoms with Crippen LogP contribution < -0.4 is 4.74 Å². The van der Waals surface area contributed by atoms with E-state index in [1.54, 1.807) is 11.1 Å². The zero-order valence-electron chi connectivity index (χ0n) is 18.3. The summed E-state index contributed by atoms with van der Waals surface area (Å²) in [5.74, 6) is 0.869. The second-order valence-corrected chi connectivity index (χ2v) is 9.33. The minimum Gasteiger partial charge on any atom is -0.475 e. The van der Waals surface area contributed by atoms with Gasteiger partial charge in [-0.1, -0.05) is 22.5 Å². The van der Waals surface area contributed by atoms with Crippen LogP contribution in [0.3, 0.4) is 0 Å². The molecule has 3 heterocycles. The van der Waals surface area contributed by atoms with Crippen molar-refractivity contribution in [3.8, 4) is 17.0 Å². The van der Waals surface area contributed by atoms with E-state index in [9.17, 15) is 9.59 Å². The third-order valence-electron chi connectivity index (χ3n) is 5.56. The highest BCUT2D eigenvalue weighted by atomic mass is 79.9. The van der Waals surface area contributed by atoms with Crippen LogP contribution in [0.1, 0.15) is 20.3 Å². The van der Waals surface area contributed by atoms with Crippen molar-refractivity contribution in [3.05, 3.63) is 59.9 Å². The summed E-state index contributed by atoms with van der Waals surface area (Å²) >= 11 is 3.57. The Labute approximate surface area is 196 Å². The van der Waals surface area contributed by atoms with Crippen molar-refractivity contribution < 1.29 is 14.3 Å². The van der Waals surface area contributed by atoms with Gasteiger partial charge < -0.3 is 14.2 Å². The monoisotopic (exact) mass is 495 g/mol. The number of Topliss-reactive ketones (excluding diaryl/α,β-unsaturated/α-hetero) is 1. The molecule has 0 N–H and O–H groups in total. The van der Waals surface area contributed by atoms with Crippen LogP contribution in [0.25, 0.3) is 22.0 Å². The minimum atomic E-state index is -0.0730. The molecule has 1 fully saturated rings. The first-order chi connectivity index (χ1) is 15.4. The number of halogens is 1. The van der Waals surface area contributed by atoms with Gasteiger partial charge in [0.2, 0.25) is 11.8 Å². The molecule has 0 atom stereocenters. The van der Waals surface area contributed by atoms with Crippen LogP contribution in [-0.4, -0.2) is 45.3 Å². The summed E-state index contributed by atoms with van der Waals surface area (Å²) in [4.78, 5) is 30.6. The first-order valence-electron chi connectivity index (χ1n) is 10.7. The summed E-state index contributed by atoms with van der Waals surface area (Å²) in [5, 5.41) is 1.03. The quantitative estimate of drug-likeness (QED) is 0.418.